The molecule has 1 aliphatic heterocycles. The van der Waals surface area contributed by atoms with Crippen molar-refractivity contribution in [3.8, 4) is 0 Å². The number of benzene rings is 1. The van der Waals surface area contributed by atoms with Gasteiger partial charge in [-0.25, -0.2) is 4.98 Å². The van der Waals surface area contributed by atoms with Crippen LogP contribution in [0.4, 0.5) is 0 Å². The monoisotopic (exact) mass is 313 g/mol. The van der Waals surface area contributed by atoms with Gasteiger partial charge in [-0.2, -0.15) is 0 Å². The summed E-state index contributed by atoms with van der Waals surface area (Å²) in [4.78, 5) is 18.4. The van der Waals surface area contributed by atoms with Gasteiger partial charge in [-0.3, -0.25) is 4.79 Å². The minimum atomic E-state index is -0.0197. The van der Waals surface area contributed by atoms with E-state index in [9.17, 15) is 4.79 Å². The standard InChI is InChI=1S/C14H15N3O.2ClH/c15-11-7-8-17(9-11)14(18)13-6-5-10-3-1-2-4-12(10)16-13;;/h1-6,11H,7-9,15H2;2*1H/t11-;;/m1../s1. The van der Waals surface area contributed by atoms with Gasteiger partial charge in [0, 0.05) is 24.5 Å². The molecule has 4 nitrogen and oxygen atoms in total. The Morgan fingerprint density at radius 2 is 1.95 bits per heavy atom. The zero-order valence-corrected chi connectivity index (χ0v) is 12.5. The van der Waals surface area contributed by atoms with E-state index in [4.69, 9.17) is 5.73 Å². The third-order valence-electron chi connectivity index (χ3n) is 3.33. The minimum Gasteiger partial charge on any atom is -0.336 e. The van der Waals surface area contributed by atoms with Crippen LogP contribution in [0.3, 0.4) is 0 Å². The largest absolute Gasteiger partial charge is 0.336 e. The first-order valence-corrected chi connectivity index (χ1v) is 6.15. The van der Waals surface area contributed by atoms with Crippen LogP contribution in [0.1, 0.15) is 16.9 Å². The topological polar surface area (TPSA) is 59.2 Å². The minimum absolute atomic E-state index is 0. The number of hydrogen-bond acceptors (Lipinski definition) is 3. The lowest BCUT2D eigenvalue weighted by Crippen LogP contribution is -2.32. The second-order valence-corrected chi connectivity index (χ2v) is 4.69. The summed E-state index contributed by atoms with van der Waals surface area (Å²) in [7, 11) is 0. The van der Waals surface area contributed by atoms with E-state index in [0.29, 0.717) is 12.2 Å². The predicted molar refractivity (Wildman–Crippen MR) is 84.7 cm³/mol. The zero-order chi connectivity index (χ0) is 12.5. The first-order chi connectivity index (χ1) is 8.74. The highest BCUT2D eigenvalue weighted by molar-refractivity contribution is 5.95. The summed E-state index contributed by atoms with van der Waals surface area (Å²) < 4.78 is 0. The summed E-state index contributed by atoms with van der Waals surface area (Å²) in [5, 5.41) is 1.05. The van der Waals surface area contributed by atoms with Crippen molar-refractivity contribution >= 4 is 41.6 Å². The van der Waals surface area contributed by atoms with Crippen LogP contribution in [-0.4, -0.2) is 34.9 Å². The summed E-state index contributed by atoms with van der Waals surface area (Å²) in [6.07, 6.45) is 0.874. The Kier molecular flexibility index (Phi) is 5.74. The molecule has 1 amide bonds. The van der Waals surface area contributed by atoms with Gasteiger partial charge in [0.2, 0.25) is 0 Å². The van der Waals surface area contributed by atoms with E-state index < -0.39 is 0 Å². The number of fused-ring (bicyclic) bond motifs is 1. The van der Waals surface area contributed by atoms with Crippen molar-refractivity contribution in [1.82, 2.24) is 9.88 Å². The van der Waals surface area contributed by atoms with Crippen LogP contribution in [0.2, 0.25) is 0 Å². The predicted octanol–water partition coefficient (Wildman–Crippen LogP) is 2.25. The molecule has 0 bridgehead atoms. The number of carbonyl (C=O) groups is 1. The summed E-state index contributed by atoms with van der Waals surface area (Å²) in [6, 6.07) is 11.6. The number of halogens is 2. The number of pyridine rings is 1. The Balaban J connectivity index is 0.000001000. The van der Waals surface area contributed by atoms with Crippen molar-refractivity contribution in [2.45, 2.75) is 12.5 Å². The average molecular weight is 314 g/mol. The number of nitrogens with zero attached hydrogens (tertiary/aromatic N) is 2. The summed E-state index contributed by atoms with van der Waals surface area (Å²) in [5.74, 6) is -0.0197. The molecular weight excluding hydrogens is 297 g/mol. The molecule has 1 aromatic carbocycles. The van der Waals surface area contributed by atoms with Crippen LogP contribution in [-0.2, 0) is 0 Å². The summed E-state index contributed by atoms with van der Waals surface area (Å²) in [6.45, 7) is 1.36. The highest BCUT2D eigenvalue weighted by Gasteiger charge is 2.25. The molecule has 3 rings (SSSR count). The first kappa shape index (κ1) is 16.7. The molecule has 1 saturated heterocycles. The van der Waals surface area contributed by atoms with Crippen molar-refractivity contribution in [2.24, 2.45) is 5.73 Å². The smallest absolute Gasteiger partial charge is 0.272 e. The van der Waals surface area contributed by atoms with Gasteiger partial charge < -0.3 is 10.6 Å². The maximum atomic E-state index is 12.2. The van der Waals surface area contributed by atoms with E-state index in [-0.39, 0.29) is 36.8 Å². The Labute approximate surface area is 130 Å². The lowest BCUT2D eigenvalue weighted by molar-refractivity contribution is 0.0785. The number of amides is 1. The third-order valence-corrected chi connectivity index (χ3v) is 3.33. The molecule has 0 radical (unpaired) electrons. The maximum Gasteiger partial charge on any atom is 0.272 e. The summed E-state index contributed by atoms with van der Waals surface area (Å²) in [5.41, 5.74) is 7.17. The van der Waals surface area contributed by atoms with E-state index in [2.05, 4.69) is 4.98 Å². The van der Waals surface area contributed by atoms with Crippen molar-refractivity contribution in [3.05, 3.63) is 42.1 Å². The van der Waals surface area contributed by atoms with Crippen LogP contribution in [0.5, 0.6) is 0 Å². The number of hydrogen-bond donors (Lipinski definition) is 1. The Hall–Kier alpha value is -1.36. The molecule has 2 heterocycles. The number of para-hydroxylation sites is 1. The molecule has 108 valence electrons. The van der Waals surface area contributed by atoms with Crippen LogP contribution < -0.4 is 5.73 Å². The van der Waals surface area contributed by atoms with Gasteiger partial charge in [0.15, 0.2) is 0 Å². The summed E-state index contributed by atoms with van der Waals surface area (Å²) >= 11 is 0. The van der Waals surface area contributed by atoms with Crippen LogP contribution in [0.15, 0.2) is 36.4 Å². The van der Waals surface area contributed by atoms with Crippen LogP contribution in [0, 0.1) is 0 Å². The zero-order valence-electron chi connectivity index (χ0n) is 10.9. The molecule has 2 N–H and O–H groups in total. The third kappa shape index (κ3) is 3.20. The highest BCUT2D eigenvalue weighted by atomic mass is 35.5. The van der Waals surface area contributed by atoms with E-state index in [1.807, 2.05) is 30.3 Å². The maximum absolute atomic E-state index is 12.2. The molecule has 1 aromatic heterocycles. The molecule has 0 aliphatic carbocycles. The molecule has 0 unspecified atom stereocenters. The SMILES string of the molecule is Cl.Cl.N[C@@H]1CCN(C(=O)c2ccc3ccccc3n2)C1. The molecule has 0 spiro atoms. The number of carbonyl (C=O) groups excluding carboxylic acids is 1. The molecule has 1 fully saturated rings. The number of aromatic nitrogens is 1. The number of rotatable bonds is 1. The number of nitrogens with two attached hydrogens (primary N) is 1. The Bertz CT molecular complexity index is 606. The van der Waals surface area contributed by atoms with Gasteiger partial charge >= 0.3 is 0 Å². The van der Waals surface area contributed by atoms with Gasteiger partial charge in [0.25, 0.3) is 5.91 Å². The molecular formula is C14H17Cl2N3O. The van der Waals surface area contributed by atoms with Gasteiger partial charge in [0.05, 0.1) is 5.52 Å². The fourth-order valence-electron chi connectivity index (χ4n) is 2.32. The van der Waals surface area contributed by atoms with Crippen molar-refractivity contribution in [1.29, 1.82) is 0 Å². The second-order valence-electron chi connectivity index (χ2n) is 4.69. The van der Waals surface area contributed by atoms with E-state index in [1.165, 1.54) is 0 Å². The van der Waals surface area contributed by atoms with Gasteiger partial charge in [-0.15, -0.1) is 24.8 Å². The quantitative estimate of drug-likeness (QED) is 0.878. The normalized spacial score (nSPS) is 17.4. The van der Waals surface area contributed by atoms with Crippen LogP contribution in [0.25, 0.3) is 10.9 Å². The molecule has 1 aliphatic rings. The van der Waals surface area contributed by atoms with Crippen LogP contribution >= 0.6 is 24.8 Å². The lowest BCUT2D eigenvalue weighted by Gasteiger charge is -2.15. The Morgan fingerprint density at radius 1 is 1.20 bits per heavy atom. The lowest BCUT2D eigenvalue weighted by atomic mass is 10.2. The molecule has 6 heteroatoms. The fourth-order valence-corrected chi connectivity index (χ4v) is 2.32. The second kappa shape index (κ2) is 6.88. The van der Waals surface area contributed by atoms with Gasteiger partial charge in [-0.1, -0.05) is 24.3 Å². The van der Waals surface area contributed by atoms with Crippen molar-refractivity contribution in [2.75, 3.05) is 13.1 Å². The van der Waals surface area contributed by atoms with E-state index in [0.717, 1.165) is 23.9 Å². The van der Waals surface area contributed by atoms with Gasteiger partial charge in [0.1, 0.15) is 5.69 Å². The van der Waals surface area contributed by atoms with E-state index >= 15 is 0 Å². The number of likely N-dealkylation sites (tertiary alicyclic amines) is 1. The van der Waals surface area contributed by atoms with E-state index in [1.54, 1.807) is 11.0 Å². The molecule has 20 heavy (non-hydrogen) atoms. The highest BCUT2D eigenvalue weighted by Crippen LogP contribution is 2.15. The Morgan fingerprint density at radius 3 is 2.65 bits per heavy atom. The molecule has 2 aromatic rings. The van der Waals surface area contributed by atoms with Crippen molar-refractivity contribution < 1.29 is 4.79 Å². The fraction of sp³-hybridized carbons (Fsp3) is 0.286. The van der Waals surface area contributed by atoms with Crippen molar-refractivity contribution in [3.63, 3.8) is 0 Å². The average Bonchev–Trinajstić information content (AvgIpc) is 2.84. The molecule has 0 saturated carbocycles. The van der Waals surface area contributed by atoms with Gasteiger partial charge in [-0.05, 0) is 18.6 Å². The molecule has 1 atom stereocenters. The first-order valence-electron chi connectivity index (χ1n) is 6.15.